The highest BCUT2D eigenvalue weighted by Gasteiger charge is 2.24. The summed E-state index contributed by atoms with van der Waals surface area (Å²) in [5.41, 5.74) is 0.609. The minimum Gasteiger partial charge on any atom is -0.373 e. The van der Waals surface area contributed by atoms with E-state index >= 15 is 0 Å². The second-order valence-corrected chi connectivity index (χ2v) is 7.73. The molecule has 0 radical (unpaired) electrons. The van der Waals surface area contributed by atoms with Crippen molar-refractivity contribution in [3.8, 4) is 11.5 Å². The first kappa shape index (κ1) is 19.9. The normalized spacial score (nSPS) is 18.5. The second kappa shape index (κ2) is 8.53. The van der Waals surface area contributed by atoms with E-state index < -0.39 is 17.8 Å². The molecule has 2 N–H and O–H groups in total. The number of fused-ring (bicyclic) bond motifs is 1. The van der Waals surface area contributed by atoms with Crippen LogP contribution in [0.25, 0.3) is 17.2 Å². The lowest BCUT2D eigenvalue weighted by atomic mass is 10.2. The zero-order valence-corrected chi connectivity index (χ0v) is 16.4. The van der Waals surface area contributed by atoms with Gasteiger partial charge < -0.3 is 9.64 Å². The maximum absolute atomic E-state index is 13.0. The van der Waals surface area contributed by atoms with Crippen LogP contribution in [0.15, 0.2) is 30.9 Å². The standard InChI is InChI=1S/C17H20F2N7O2S/c1-29(27)23-6-11-9-25(4-5-28-11)14-2-3-20-17(24-14)13-7-22-15-8-21-12(16(18)19)10-26(13)15/h2-3,7-8,10-11,16,23,27H,4-6,9H2,1H3/q+1/t11-,29?/m1/s1. The zero-order chi connectivity index (χ0) is 20.4. The molecule has 29 heavy (non-hydrogen) atoms. The van der Waals surface area contributed by atoms with Crippen LogP contribution in [-0.4, -0.2) is 67.5 Å². The van der Waals surface area contributed by atoms with Crippen LogP contribution < -0.4 is 9.62 Å². The van der Waals surface area contributed by atoms with Gasteiger partial charge in [0.2, 0.25) is 11.4 Å². The van der Waals surface area contributed by atoms with Crippen LogP contribution in [0.4, 0.5) is 14.6 Å². The lowest BCUT2D eigenvalue weighted by Crippen LogP contribution is -2.47. The summed E-state index contributed by atoms with van der Waals surface area (Å²) in [5.74, 6) is 1.09. The highest BCUT2D eigenvalue weighted by atomic mass is 32.2. The van der Waals surface area contributed by atoms with E-state index in [-0.39, 0.29) is 11.8 Å². The van der Waals surface area contributed by atoms with Gasteiger partial charge in [-0.3, -0.25) is 4.40 Å². The molecule has 0 aliphatic carbocycles. The number of aromatic nitrogens is 5. The molecule has 3 aromatic rings. The maximum atomic E-state index is 13.0. The van der Waals surface area contributed by atoms with E-state index in [1.807, 2.05) is 0 Å². The molecule has 1 fully saturated rings. The first-order valence-electron chi connectivity index (χ1n) is 8.91. The molecule has 0 spiro atoms. The SMILES string of the molecule is C[S+](O)NC[C@@H]1CN(c2ccnc(-c3cnc4cnc(C(F)F)cn34)n2)CCO1. The van der Waals surface area contributed by atoms with Crippen molar-refractivity contribution in [2.75, 3.05) is 37.4 Å². The van der Waals surface area contributed by atoms with Crippen molar-refractivity contribution in [3.05, 3.63) is 36.5 Å². The van der Waals surface area contributed by atoms with Crippen LogP contribution in [0, 0.1) is 0 Å². The summed E-state index contributed by atoms with van der Waals surface area (Å²) < 4.78 is 45.7. The fraction of sp³-hybridized carbons (Fsp3) is 0.412. The van der Waals surface area contributed by atoms with E-state index in [2.05, 4.69) is 29.6 Å². The van der Waals surface area contributed by atoms with E-state index in [1.54, 1.807) is 24.7 Å². The number of hydrogen-bond acceptors (Lipinski definition) is 8. The molecule has 1 aliphatic rings. The van der Waals surface area contributed by atoms with E-state index in [0.29, 0.717) is 49.2 Å². The third-order valence-electron chi connectivity index (χ3n) is 4.49. The number of ether oxygens (including phenoxy) is 1. The molecule has 12 heteroatoms. The Hall–Kier alpha value is -2.41. The van der Waals surface area contributed by atoms with Crippen LogP contribution in [0.2, 0.25) is 0 Å². The topological polar surface area (TPSA) is 101 Å². The largest absolute Gasteiger partial charge is 0.373 e. The molecule has 0 aromatic carbocycles. The number of nitrogens with zero attached hydrogens (tertiary/aromatic N) is 6. The number of rotatable bonds is 6. The minimum atomic E-state index is -2.68. The van der Waals surface area contributed by atoms with Crippen molar-refractivity contribution >= 4 is 22.8 Å². The number of anilines is 1. The fourth-order valence-electron chi connectivity index (χ4n) is 3.10. The van der Waals surface area contributed by atoms with Gasteiger partial charge in [-0.15, -0.1) is 4.72 Å². The van der Waals surface area contributed by atoms with Crippen molar-refractivity contribution in [2.45, 2.75) is 12.5 Å². The molecule has 0 saturated carbocycles. The Morgan fingerprint density at radius 2 is 2.21 bits per heavy atom. The van der Waals surface area contributed by atoms with E-state index in [0.717, 1.165) is 0 Å². The van der Waals surface area contributed by atoms with Crippen LogP contribution in [-0.2, 0) is 16.1 Å². The molecule has 4 heterocycles. The van der Waals surface area contributed by atoms with Gasteiger partial charge in [0.1, 0.15) is 17.2 Å². The first-order chi connectivity index (χ1) is 14.0. The number of alkyl halides is 2. The highest BCUT2D eigenvalue weighted by molar-refractivity contribution is 7.88. The Balaban J connectivity index is 1.59. The monoisotopic (exact) mass is 424 g/mol. The molecule has 4 rings (SSSR count). The van der Waals surface area contributed by atoms with Gasteiger partial charge in [-0.1, -0.05) is 0 Å². The third-order valence-corrected chi connectivity index (χ3v) is 5.08. The predicted molar refractivity (Wildman–Crippen MR) is 105 cm³/mol. The van der Waals surface area contributed by atoms with Gasteiger partial charge >= 0.3 is 0 Å². The van der Waals surface area contributed by atoms with Gasteiger partial charge in [0.15, 0.2) is 17.7 Å². The van der Waals surface area contributed by atoms with Crippen LogP contribution >= 0.6 is 0 Å². The van der Waals surface area contributed by atoms with Gasteiger partial charge in [0.05, 0.1) is 31.6 Å². The van der Waals surface area contributed by atoms with E-state index in [4.69, 9.17) is 4.74 Å². The number of imidazole rings is 1. The summed E-state index contributed by atoms with van der Waals surface area (Å²) in [7, 11) is 0. The molecule has 1 saturated heterocycles. The molecule has 0 amide bonds. The summed E-state index contributed by atoms with van der Waals surface area (Å²) in [4.78, 5) is 18.9. The van der Waals surface area contributed by atoms with Gasteiger partial charge in [-0.25, -0.2) is 28.7 Å². The van der Waals surface area contributed by atoms with E-state index in [1.165, 1.54) is 16.8 Å². The summed E-state index contributed by atoms with van der Waals surface area (Å²) in [6.07, 6.45) is 4.65. The Labute approximate surface area is 168 Å². The Kier molecular flexibility index (Phi) is 5.85. The molecule has 1 unspecified atom stereocenters. The summed E-state index contributed by atoms with van der Waals surface area (Å²) in [6, 6.07) is 1.80. The molecule has 2 atom stereocenters. The number of morpholine rings is 1. The molecular weight excluding hydrogens is 404 g/mol. The van der Waals surface area contributed by atoms with Gasteiger partial charge in [-0.05, 0) is 6.07 Å². The van der Waals surface area contributed by atoms with Gasteiger partial charge in [0, 0.05) is 25.5 Å². The number of nitrogens with one attached hydrogen (secondary N) is 1. The molecule has 9 nitrogen and oxygen atoms in total. The van der Waals surface area contributed by atoms with Crippen molar-refractivity contribution in [1.29, 1.82) is 0 Å². The molecular formula is C17H20F2N7O2S+. The molecule has 154 valence electrons. The minimum absolute atomic E-state index is 0.0836. The van der Waals surface area contributed by atoms with Gasteiger partial charge in [0.25, 0.3) is 6.43 Å². The van der Waals surface area contributed by atoms with Crippen molar-refractivity contribution < 1.29 is 18.1 Å². The summed E-state index contributed by atoms with van der Waals surface area (Å²) in [5, 5.41) is 0. The Morgan fingerprint density at radius 1 is 1.34 bits per heavy atom. The fourth-order valence-corrected chi connectivity index (χ4v) is 3.52. The number of hydrogen-bond donors (Lipinski definition) is 2. The lowest BCUT2D eigenvalue weighted by Gasteiger charge is -2.33. The summed E-state index contributed by atoms with van der Waals surface area (Å²) >= 11 is -0.858. The van der Waals surface area contributed by atoms with Crippen LogP contribution in [0.5, 0.6) is 0 Å². The Morgan fingerprint density at radius 3 is 3.00 bits per heavy atom. The highest BCUT2D eigenvalue weighted by Crippen LogP contribution is 2.23. The van der Waals surface area contributed by atoms with Crippen LogP contribution in [0.1, 0.15) is 12.1 Å². The van der Waals surface area contributed by atoms with E-state index in [9.17, 15) is 13.3 Å². The van der Waals surface area contributed by atoms with Gasteiger partial charge in [-0.2, -0.15) is 4.55 Å². The van der Waals surface area contributed by atoms with Crippen molar-refractivity contribution in [2.24, 2.45) is 0 Å². The lowest BCUT2D eigenvalue weighted by molar-refractivity contribution is 0.0440. The molecule has 3 aromatic heterocycles. The predicted octanol–water partition coefficient (Wildman–Crippen LogP) is 1.55. The third kappa shape index (κ3) is 4.45. The van der Waals surface area contributed by atoms with Crippen molar-refractivity contribution in [3.63, 3.8) is 0 Å². The second-order valence-electron chi connectivity index (χ2n) is 6.49. The first-order valence-corrected chi connectivity index (χ1v) is 10.5. The number of halogens is 2. The smallest absolute Gasteiger partial charge is 0.281 e. The quantitative estimate of drug-likeness (QED) is 0.575. The molecule has 1 aliphatic heterocycles. The average Bonchev–Trinajstić information content (AvgIpc) is 3.16. The van der Waals surface area contributed by atoms with Crippen LogP contribution in [0.3, 0.4) is 0 Å². The average molecular weight is 424 g/mol. The molecule has 0 bridgehead atoms. The van der Waals surface area contributed by atoms with Crippen molar-refractivity contribution in [1.82, 2.24) is 29.1 Å². The zero-order valence-electron chi connectivity index (χ0n) is 15.6. The maximum Gasteiger partial charge on any atom is 0.281 e. The Bertz CT molecular complexity index is 987. The summed E-state index contributed by atoms with van der Waals surface area (Å²) in [6.45, 7) is 2.33.